The van der Waals surface area contributed by atoms with Crippen molar-refractivity contribution in [2.45, 2.75) is 32.9 Å². The first-order chi connectivity index (χ1) is 8.74. The van der Waals surface area contributed by atoms with E-state index in [0.717, 1.165) is 0 Å². The fraction of sp³-hybridized carbons (Fsp3) is 0.500. The molecule has 1 rings (SSSR count). The number of ether oxygens (including phenoxy) is 2. The van der Waals surface area contributed by atoms with Gasteiger partial charge in [0.25, 0.3) is 0 Å². The molecule has 0 bridgehead atoms. The number of aromatic carboxylic acids is 1. The Morgan fingerprint density at radius 3 is 2.53 bits per heavy atom. The topological polar surface area (TPSA) is 101 Å². The van der Waals surface area contributed by atoms with Crippen molar-refractivity contribution in [2.24, 2.45) is 0 Å². The van der Waals surface area contributed by atoms with E-state index in [0.29, 0.717) is 5.56 Å². The number of carbonyl (C=O) groups is 2. The fourth-order valence-electron chi connectivity index (χ4n) is 1.46. The third kappa shape index (κ3) is 4.20. The summed E-state index contributed by atoms with van der Waals surface area (Å²) in [6.45, 7) is 5.38. The lowest BCUT2D eigenvalue weighted by atomic mass is 10.2. The first kappa shape index (κ1) is 14.9. The van der Waals surface area contributed by atoms with Gasteiger partial charge >= 0.3 is 12.1 Å². The number of carboxylic acid groups (broad SMARTS) is 1. The second kappa shape index (κ2) is 5.64. The average molecular weight is 270 g/mol. The van der Waals surface area contributed by atoms with Crippen LogP contribution in [0.4, 0.5) is 4.79 Å². The van der Waals surface area contributed by atoms with E-state index >= 15 is 0 Å². The Morgan fingerprint density at radius 2 is 2.05 bits per heavy atom. The van der Waals surface area contributed by atoms with Gasteiger partial charge in [-0.25, -0.2) is 9.59 Å². The van der Waals surface area contributed by atoms with E-state index in [-0.39, 0.29) is 18.0 Å². The molecule has 0 saturated heterocycles. The Kier molecular flexibility index (Phi) is 4.42. The summed E-state index contributed by atoms with van der Waals surface area (Å²) >= 11 is 0. The molecule has 19 heavy (non-hydrogen) atoms. The van der Waals surface area contributed by atoms with Crippen LogP contribution < -0.4 is 10.1 Å². The maximum atomic E-state index is 11.5. The van der Waals surface area contributed by atoms with Crippen molar-refractivity contribution in [1.29, 1.82) is 0 Å². The zero-order chi connectivity index (χ0) is 14.6. The normalized spacial score (nSPS) is 10.9. The van der Waals surface area contributed by atoms with Crippen LogP contribution in [0.3, 0.4) is 0 Å². The second-order valence-electron chi connectivity index (χ2n) is 4.88. The molecule has 0 aliphatic rings. The van der Waals surface area contributed by atoms with Crippen LogP contribution in [0.15, 0.2) is 6.20 Å². The summed E-state index contributed by atoms with van der Waals surface area (Å²) in [6, 6.07) is 0. The molecule has 1 heterocycles. The number of aromatic nitrogens is 1. The first-order valence-corrected chi connectivity index (χ1v) is 5.69. The molecule has 1 aromatic heterocycles. The Morgan fingerprint density at radius 1 is 1.42 bits per heavy atom. The van der Waals surface area contributed by atoms with Gasteiger partial charge in [-0.05, 0) is 20.8 Å². The molecular weight excluding hydrogens is 252 g/mol. The zero-order valence-electron chi connectivity index (χ0n) is 11.4. The summed E-state index contributed by atoms with van der Waals surface area (Å²) in [7, 11) is 1.37. The quantitative estimate of drug-likeness (QED) is 0.773. The Hall–Kier alpha value is -2.18. The molecule has 7 nitrogen and oxygen atoms in total. The smallest absolute Gasteiger partial charge is 0.407 e. The van der Waals surface area contributed by atoms with Crippen LogP contribution in [-0.4, -0.2) is 34.9 Å². The minimum atomic E-state index is -1.12. The highest BCUT2D eigenvalue weighted by atomic mass is 16.6. The number of carboxylic acids is 1. The van der Waals surface area contributed by atoms with E-state index in [9.17, 15) is 9.59 Å². The van der Waals surface area contributed by atoms with Gasteiger partial charge in [0.05, 0.1) is 13.7 Å². The van der Waals surface area contributed by atoms with E-state index < -0.39 is 17.7 Å². The fourth-order valence-corrected chi connectivity index (χ4v) is 1.46. The minimum Gasteiger partial charge on any atom is -0.494 e. The summed E-state index contributed by atoms with van der Waals surface area (Å²) < 4.78 is 10.1. The number of aromatic amines is 1. The van der Waals surface area contributed by atoms with Gasteiger partial charge in [0, 0.05) is 11.8 Å². The Bertz CT molecular complexity index is 473. The average Bonchev–Trinajstić information content (AvgIpc) is 2.66. The van der Waals surface area contributed by atoms with E-state index in [1.165, 1.54) is 13.3 Å². The van der Waals surface area contributed by atoms with Crippen LogP contribution in [0.1, 0.15) is 36.8 Å². The molecule has 3 N–H and O–H groups in total. The summed E-state index contributed by atoms with van der Waals surface area (Å²) in [5, 5.41) is 11.4. The van der Waals surface area contributed by atoms with Crippen molar-refractivity contribution in [2.75, 3.05) is 7.11 Å². The molecule has 0 fully saturated rings. The van der Waals surface area contributed by atoms with E-state index in [1.54, 1.807) is 20.8 Å². The van der Waals surface area contributed by atoms with Crippen molar-refractivity contribution < 1.29 is 24.2 Å². The highest BCUT2D eigenvalue weighted by Crippen LogP contribution is 2.23. The monoisotopic (exact) mass is 270 g/mol. The lowest BCUT2D eigenvalue weighted by Crippen LogP contribution is -2.32. The number of hydrogen-bond acceptors (Lipinski definition) is 4. The molecule has 0 unspecified atom stereocenters. The summed E-state index contributed by atoms with van der Waals surface area (Å²) in [5.74, 6) is -0.927. The molecule has 0 atom stereocenters. The Labute approximate surface area is 110 Å². The van der Waals surface area contributed by atoms with Gasteiger partial charge in [0.15, 0.2) is 11.4 Å². The van der Waals surface area contributed by atoms with Crippen LogP contribution in [0, 0.1) is 0 Å². The van der Waals surface area contributed by atoms with Gasteiger partial charge in [0.2, 0.25) is 0 Å². The van der Waals surface area contributed by atoms with Gasteiger partial charge in [-0.3, -0.25) is 0 Å². The molecule has 1 aromatic rings. The lowest BCUT2D eigenvalue weighted by molar-refractivity contribution is 0.0523. The molecular formula is C12H18N2O5. The van der Waals surface area contributed by atoms with Gasteiger partial charge in [-0.1, -0.05) is 0 Å². The highest BCUT2D eigenvalue weighted by Gasteiger charge is 2.19. The second-order valence-corrected chi connectivity index (χ2v) is 4.88. The molecule has 0 aliphatic heterocycles. The number of nitrogens with one attached hydrogen (secondary N) is 2. The van der Waals surface area contributed by atoms with Crippen LogP contribution >= 0.6 is 0 Å². The number of H-pyrrole nitrogens is 1. The number of amides is 1. The van der Waals surface area contributed by atoms with Crippen molar-refractivity contribution in [1.82, 2.24) is 10.3 Å². The predicted molar refractivity (Wildman–Crippen MR) is 67.4 cm³/mol. The predicted octanol–water partition coefficient (Wildman–Crippen LogP) is 1.75. The molecule has 0 aromatic carbocycles. The van der Waals surface area contributed by atoms with Crippen LogP contribution in [0.25, 0.3) is 0 Å². The van der Waals surface area contributed by atoms with Gasteiger partial charge in [0.1, 0.15) is 5.60 Å². The maximum absolute atomic E-state index is 11.5. The minimum absolute atomic E-state index is 0.0523. The number of methoxy groups -OCH3 is 1. The van der Waals surface area contributed by atoms with Gasteiger partial charge in [-0.15, -0.1) is 0 Å². The van der Waals surface area contributed by atoms with Crippen molar-refractivity contribution in [3.63, 3.8) is 0 Å². The van der Waals surface area contributed by atoms with Gasteiger partial charge < -0.3 is 24.9 Å². The summed E-state index contributed by atoms with van der Waals surface area (Å²) in [4.78, 5) is 24.9. The molecule has 0 spiro atoms. The first-order valence-electron chi connectivity index (χ1n) is 5.69. The van der Waals surface area contributed by atoms with Crippen LogP contribution in [0.5, 0.6) is 5.75 Å². The van der Waals surface area contributed by atoms with Crippen molar-refractivity contribution >= 4 is 12.1 Å². The van der Waals surface area contributed by atoms with Gasteiger partial charge in [-0.2, -0.15) is 0 Å². The molecule has 0 radical (unpaired) electrons. The van der Waals surface area contributed by atoms with Crippen molar-refractivity contribution in [3.05, 3.63) is 17.5 Å². The molecule has 0 aliphatic carbocycles. The Balaban J connectivity index is 2.68. The third-order valence-corrected chi connectivity index (χ3v) is 2.15. The summed E-state index contributed by atoms with van der Waals surface area (Å²) in [5.41, 5.74) is -0.104. The molecule has 106 valence electrons. The standard InChI is InChI=1S/C12H18N2O5/c1-12(2,3)19-11(17)14-6-7-5-13-8(10(15)16)9(7)18-4/h5,13H,6H2,1-4H3,(H,14,17)(H,15,16). The summed E-state index contributed by atoms with van der Waals surface area (Å²) in [6.07, 6.45) is 0.896. The van der Waals surface area contributed by atoms with E-state index in [2.05, 4.69) is 10.3 Å². The largest absolute Gasteiger partial charge is 0.494 e. The SMILES string of the molecule is COc1c(CNC(=O)OC(C)(C)C)c[nH]c1C(=O)O. The number of hydrogen-bond donors (Lipinski definition) is 3. The van der Waals surface area contributed by atoms with Crippen LogP contribution in [0.2, 0.25) is 0 Å². The third-order valence-electron chi connectivity index (χ3n) is 2.15. The van der Waals surface area contributed by atoms with E-state index in [1.807, 2.05) is 0 Å². The van der Waals surface area contributed by atoms with Crippen LogP contribution in [-0.2, 0) is 11.3 Å². The maximum Gasteiger partial charge on any atom is 0.407 e. The van der Waals surface area contributed by atoms with Crippen molar-refractivity contribution in [3.8, 4) is 5.75 Å². The molecule has 1 amide bonds. The number of rotatable bonds is 4. The number of alkyl carbamates (subject to hydrolysis) is 1. The lowest BCUT2D eigenvalue weighted by Gasteiger charge is -2.19. The number of carbonyl (C=O) groups excluding carboxylic acids is 1. The zero-order valence-corrected chi connectivity index (χ0v) is 11.4. The molecule has 7 heteroatoms. The highest BCUT2D eigenvalue weighted by molar-refractivity contribution is 5.89. The molecule has 0 saturated carbocycles. The van der Waals surface area contributed by atoms with E-state index in [4.69, 9.17) is 14.6 Å².